The predicted molar refractivity (Wildman–Crippen MR) is 131 cm³/mol. The van der Waals surface area contributed by atoms with Crippen molar-refractivity contribution in [1.29, 1.82) is 0 Å². The summed E-state index contributed by atoms with van der Waals surface area (Å²) >= 11 is 2.47. The number of methoxy groups -OCH3 is 1. The Labute approximate surface area is 236 Å². The first-order valence-corrected chi connectivity index (χ1v) is 13.6. The number of hydrogen-bond acceptors (Lipinski definition) is 1. The van der Waals surface area contributed by atoms with Crippen LogP contribution >= 0.6 is 0 Å². The van der Waals surface area contributed by atoms with Crippen molar-refractivity contribution in [3.63, 3.8) is 0 Å². The summed E-state index contributed by atoms with van der Waals surface area (Å²) in [6.45, 7) is 6.93. The summed E-state index contributed by atoms with van der Waals surface area (Å²) < 4.78 is 5.43. The summed E-state index contributed by atoms with van der Waals surface area (Å²) in [7, 11) is 0.292. The minimum absolute atomic E-state index is 0. The summed E-state index contributed by atoms with van der Waals surface area (Å²) in [4.78, 5) is 0. The Morgan fingerprint density at radius 2 is 1.18 bits per heavy atom. The Balaban J connectivity index is 0.00000193. The van der Waals surface area contributed by atoms with Crippen molar-refractivity contribution >= 4 is 24.7 Å². The molecule has 3 aromatic carbocycles. The van der Waals surface area contributed by atoms with Crippen molar-refractivity contribution in [3.8, 4) is 5.75 Å². The van der Waals surface area contributed by atoms with Crippen LogP contribution in [0.1, 0.15) is 26.3 Å². The molecule has 0 radical (unpaired) electrons. The Morgan fingerprint density at radius 3 is 1.62 bits per heavy atom. The Kier molecular flexibility index (Phi) is 11.9. The number of halogens is 3. The molecule has 6 heteroatoms. The second kappa shape index (κ2) is 13.2. The zero-order chi connectivity index (χ0) is 22.0. The van der Waals surface area contributed by atoms with Gasteiger partial charge in [-0.15, -0.1) is 0 Å². The van der Waals surface area contributed by atoms with E-state index in [0.29, 0.717) is 0 Å². The van der Waals surface area contributed by atoms with Crippen LogP contribution in [0, 0.1) is 0 Å². The minimum atomic E-state index is -1.43. The van der Waals surface area contributed by atoms with Crippen LogP contribution in [0.2, 0.25) is 9.76 Å². The average molecular weight is 564 g/mol. The van der Waals surface area contributed by atoms with E-state index in [1.165, 1.54) is 44.3 Å². The minimum Gasteiger partial charge on any atom is -1.00 e. The molecule has 0 bridgehead atoms. The van der Waals surface area contributed by atoms with Crippen molar-refractivity contribution in [2.45, 2.75) is 30.5 Å². The molecule has 0 fully saturated rings. The van der Waals surface area contributed by atoms with E-state index < -0.39 is 8.80 Å². The molecule has 176 valence electrons. The molecule has 0 aliphatic heterocycles. The van der Waals surface area contributed by atoms with Crippen LogP contribution in [-0.4, -0.2) is 15.9 Å². The summed E-state index contributed by atoms with van der Waals surface area (Å²) in [6.07, 6.45) is 0. The maximum atomic E-state index is 5.41. The smallest absolute Gasteiger partial charge is 1.00 e. The summed E-state index contributed by atoms with van der Waals surface area (Å²) in [6, 6.07) is 32.1. The fourth-order valence-corrected chi connectivity index (χ4v) is 10.00. The van der Waals surface area contributed by atoms with Gasteiger partial charge in [0.25, 0.3) is 0 Å². The second-order valence-corrected chi connectivity index (χ2v) is 12.6. The first-order valence-electron chi connectivity index (χ1n) is 10.8. The summed E-state index contributed by atoms with van der Waals surface area (Å²) in [5.41, 5.74) is 7.18. The van der Waals surface area contributed by atoms with E-state index in [4.69, 9.17) is 4.74 Å². The van der Waals surface area contributed by atoms with Crippen molar-refractivity contribution in [2.75, 3.05) is 7.11 Å². The van der Waals surface area contributed by atoms with Crippen LogP contribution < -0.4 is 52.3 Å². The van der Waals surface area contributed by atoms with E-state index in [1.54, 1.807) is 7.11 Å². The fourth-order valence-electron chi connectivity index (χ4n) is 4.88. The molecule has 0 spiro atoms. The largest absolute Gasteiger partial charge is 1.00 e. The standard InChI is InChI=1S/C28H29OSi.3ClH.Ti/c1-20-21(2)27(28(22(20)3)23-15-17-24(29-4)18-16-23)19-30(25-11-7-5-8-12-25)26-13-9-6-10-14-26;;;;/h5-18,30H,19H2,1-4H3;3*1H;/q;;;;+3/p-3. The van der Waals surface area contributed by atoms with Gasteiger partial charge < -0.3 is 37.2 Å². The second-order valence-electron chi connectivity index (χ2n) is 8.46. The zero-order valence-corrected chi connectivity index (χ0v) is 24.9. The van der Waals surface area contributed by atoms with Gasteiger partial charge in [0.15, 0.2) is 0 Å². The molecule has 1 unspecified atom stereocenters. The number of benzene rings is 3. The molecule has 1 aliphatic carbocycles. The van der Waals surface area contributed by atoms with Crippen LogP contribution in [0.4, 0.5) is 0 Å². The number of ether oxygens (including phenoxy) is 1. The third-order valence-electron chi connectivity index (χ3n) is 6.86. The summed E-state index contributed by atoms with van der Waals surface area (Å²) in [5.74, 6) is 0.906. The molecule has 0 N–H and O–H groups in total. The van der Waals surface area contributed by atoms with Crippen LogP contribution in [0.25, 0.3) is 5.57 Å². The van der Waals surface area contributed by atoms with E-state index in [0.717, 1.165) is 5.75 Å². The van der Waals surface area contributed by atoms with Gasteiger partial charge in [-0.05, 0) is 0 Å². The molecule has 0 aromatic heterocycles. The number of rotatable bonds is 6. The van der Waals surface area contributed by atoms with E-state index in [1.807, 2.05) is 0 Å². The monoisotopic (exact) mass is 562 g/mol. The molecule has 0 saturated carbocycles. The Morgan fingerprint density at radius 1 is 0.706 bits per heavy atom. The van der Waals surface area contributed by atoms with E-state index >= 15 is 0 Å². The van der Waals surface area contributed by atoms with Crippen LogP contribution in [0.15, 0.2) is 102 Å². The first kappa shape index (κ1) is 30.8. The van der Waals surface area contributed by atoms with Crippen LogP contribution in [0.5, 0.6) is 5.75 Å². The SMILES string of the molecule is COc1ccc(C2=C(C)C(C)=C(C)[C]2([Ti+3])C[SiH](c2ccccc2)c2ccccc2)cc1.[Cl-].[Cl-].[Cl-]. The van der Waals surface area contributed by atoms with Crippen LogP contribution in [-0.2, 0) is 20.4 Å². The number of hydrogen-bond donors (Lipinski definition) is 0. The molecule has 0 heterocycles. The molecule has 0 saturated heterocycles. The Bertz CT molecular complexity index is 1090. The van der Waals surface area contributed by atoms with Gasteiger partial charge in [0.05, 0.1) is 0 Å². The van der Waals surface area contributed by atoms with Gasteiger partial charge in [0.2, 0.25) is 0 Å². The fraction of sp³-hybridized carbons (Fsp3) is 0.214. The molecule has 3 aromatic rings. The Hall–Kier alpha value is -1.26. The van der Waals surface area contributed by atoms with Gasteiger partial charge in [-0.2, -0.15) is 0 Å². The quantitative estimate of drug-likeness (QED) is 0.284. The molecule has 1 aliphatic rings. The van der Waals surface area contributed by atoms with Crippen molar-refractivity contribution in [3.05, 3.63) is 107 Å². The molecule has 1 nitrogen and oxygen atoms in total. The molecule has 0 amide bonds. The van der Waals surface area contributed by atoms with Gasteiger partial charge in [0, 0.05) is 0 Å². The van der Waals surface area contributed by atoms with Gasteiger partial charge >= 0.3 is 201 Å². The van der Waals surface area contributed by atoms with Gasteiger partial charge in [0.1, 0.15) is 0 Å². The molecule has 4 rings (SSSR count). The summed E-state index contributed by atoms with van der Waals surface area (Å²) in [5, 5.41) is 3.03. The topological polar surface area (TPSA) is 9.23 Å². The van der Waals surface area contributed by atoms with Crippen LogP contribution in [0.3, 0.4) is 0 Å². The number of allylic oxidation sites excluding steroid dienone is 4. The zero-order valence-electron chi connectivity index (χ0n) is 19.9. The maximum Gasteiger partial charge on any atom is -1.00 e. The molecular formula is C28H29Cl3OSiTi. The van der Waals surface area contributed by atoms with Crippen molar-refractivity contribution in [1.82, 2.24) is 0 Å². The van der Waals surface area contributed by atoms with E-state index in [2.05, 4.69) is 126 Å². The predicted octanol–water partition coefficient (Wildman–Crippen LogP) is -3.42. The van der Waals surface area contributed by atoms with Gasteiger partial charge in [-0.3, -0.25) is 0 Å². The van der Waals surface area contributed by atoms with Crippen molar-refractivity contribution < 1.29 is 62.4 Å². The normalized spacial score (nSPS) is 17.1. The third-order valence-corrected chi connectivity index (χ3v) is 12.2. The molecular weight excluding hydrogens is 535 g/mol. The maximum absolute atomic E-state index is 5.41. The molecule has 1 atom stereocenters. The van der Waals surface area contributed by atoms with E-state index in [-0.39, 0.29) is 40.9 Å². The van der Waals surface area contributed by atoms with E-state index in [9.17, 15) is 0 Å². The first-order chi connectivity index (χ1) is 15.0. The van der Waals surface area contributed by atoms with Crippen molar-refractivity contribution in [2.24, 2.45) is 0 Å². The third kappa shape index (κ3) is 5.93. The van der Waals surface area contributed by atoms with Gasteiger partial charge in [-0.1, -0.05) is 0 Å². The average Bonchev–Trinajstić information content (AvgIpc) is 2.99. The van der Waals surface area contributed by atoms with Gasteiger partial charge in [-0.25, -0.2) is 0 Å². The molecule has 34 heavy (non-hydrogen) atoms.